The zero-order chi connectivity index (χ0) is 18.5. The van der Waals surface area contributed by atoms with Gasteiger partial charge < -0.3 is 10.6 Å². The number of rotatable bonds is 4. The molecule has 2 aromatic rings. The number of carbonyl (C=O) groups is 2. The molecular weight excluding hydrogens is 392 g/mol. The molecule has 1 aliphatic rings. The van der Waals surface area contributed by atoms with Gasteiger partial charge in [0.15, 0.2) is 5.17 Å². The first-order valence-corrected chi connectivity index (χ1v) is 9.84. The lowest BCUT2D eigenvalue weighted by Gasteiger charge is -2.21. The van der Waals surface area contributed by atoms with Crippen LogP contribution in [0.4, 0.5) is 5.69 Å². The number of amides is 2. The number of benzene rings is 1. The lowest BCUT2D eigenvalue weighted by atomic mass is 10.2. The van der Waals surface area contributed by atoms with Crippen molar-refractivity contribution in [1.82, 2.24) is 5.32 Å². The Hall–Kier alpha value is -2.16. The molecule has 0 saturated carbocycles. The van der Waals surface area contributed by atoms with E-state index >= 15 is 0 Å². The highest BCUT2D eigenvalue weighted by molar-refractivity contribution is 8.15. The van der Waals surface area contributed by atoms with Crippen LogP contribution in [0.3, 0.4) is 0 Å². The molecule has 2 amide bonds. The van der Waals surface area contributed by atoms with E-state index in [-0.39, 0.29) is 18.2 Å². The summed E-state index contributed by atoms with van der Waals surface area (Å²) in [4.78, 5) is 25.4. The van der Waals surface area contributed by atoms with Crippen LogP contribution < -0.4 is 10.6 Å². The van der Waals surface area contributed by atoms with E-state index in [2.05, 4.69) is 20.8 Å². The van der Waals surface area contributed by atoms with Crippen LogP contribution in [-0.4, -0.2) is 27.9 Å². The molecule has 6 nitrogen and oxygen atoms in total. The van der Waals surface area contributed by atoms with Gasteiger partial charge in [-0.3, -0.25) is 9.59 Å². The van der Waals surface area contributed by atoms with Crippen molar-refractivity contribution in [3.8, 4) is 0 Å². The van der Waals surface area contributed by atoms with Gasteiger partial charge in [0.25, 0.3) is 0 Å². The number of amidine groups is 1. The molecule has 1 fully saturated rings. The van der Waals surface area contributed by atoms with Crippen molar-refractivity contribution in [3.63, 3.8) is 0 Å². The third-order valence-corrected chi connectivity index (χ3v) is 5.71. The highest BCUT2D eigenvalue weighted by Crippen LogP contribution is 2.23. The van der Waals surface area contributed by atoms with Crippen molar-refractivity contribution < 1.29 is 9.59 Å². The van der Waals surface area contributed by atoms with Crippen molar-refractivity contribution in [3.05, 3.63) is 51.7 Å². The fourth-order valence-electron chi connectivity index (χ4n) is 2.18. The Balaban J connectivity index is 1.69. The number of halogens is 1. The lowest BCUT2D eigenvalue weighted by Crippen LogP contribution is -2.41. The number of thiophene rings is 1. The first-order valence-electron chi connectivity index (χ1n) is 7.70. The van der Waals surface area contributed by atoms with E-state index < -0.39 is 5.25 Å². The Morgan fingerprint density at radius 3 is 2.92 bits per heavy atom. The smallest absolute Gasteiger partial charge is 0.238 e. The fourth-order valence-corrected chi connectivity index (χ4v) is 3.98. The first kappa shape index (κ1) is 18.6. The Morgan fingerprint density at radius 1 is 1.35 bits per heavy atom. The summed E-state index contributed by atoms with van der Waals surface area (Å²) in [6.45, 7) is 1.84. The van der Waals surface area contributed by atoms with Crippen LogP contribution in [-0.2, 0) is 9.59 Å². The molecule has 26 heavy (non-hydrogen) atoms. The van der Waals surface area contributed by atoms with Crippen LogP contribution in [0.15, 0.2) is 52.0 Å². The second-order valence-corrected chi connectivity index (χ2v) is 8.00. The van der Waals surface area contributed by atoms with Gasteiger partial charge in [-0.1, -0.05) is 35.5 Å². The van der Waals surface area contributed by atoms with Crippen LogP contribution in [0, 0.1) is 0 Å². The van der Waals surface area contributed by atoms with Gasteiger partial charge in [-0.05, 0) is 36.6 Å². The number of nitrogens with one attached hydrogen (secondary N) is 2. The standard InChI is InChI=1S/C17H15ClN4O2S2/c1-10(13-6-3-7-25-13)21-22-17-20-15(23)9-14(26-17)16(24)19-12-5-2-4-11(18)8-12/h2-8,14H,9H2,1H3,(H,19,24)(H,20,22,23)/b21-10-. The molecule has 2 heterocycles. The fraction of sp³-hybridized carbons (Fsp3) is 0.176. The summed E-state index contributed by atoms with van der Waals surface area (Å²) in [5, 5.41) is 15.8. The van der Waals surface area contributed by atoms with Gasteiger partial charge in [0.2, 0.25) is 11.8 Å². The van der Waals surface area contributed by atoms with E-state index in [9.17, 15) is 9.59 Å². The second kappa shape index (κ2) is 8.48. The van der Waals surface area contributed by atoms with E-state index in [0.29, 0.717) is 15.9 Å². The summed E-state index contributed by atoms with van der Waals surface area (Å²) in [6, 6.07) is 10.7. The third-order valence-electron chi connectivity index (χ3n) is 3.42. The summed E-state index contributed by atoms with van der Waals surface area (Å²) in [5.41, 5.74) is 1.33. The predicted octanol–water partition coefficient (Wildman–Crippen LogP) is 3.74. The maximum Gasteiger partial charge on any atom is 0.238 e. The first-order chi connectivity index (χ1) is 12.5. The quantitative estimate of drug-likeness (QED) is 0.599. The minimum Gasteiger partial charge on any atom is -0.325 e. The van der Waals surface area contributed by atoms with E-state index in [1.165, 1.54) is 11.8 Å². The number of anilines is 1. The SMILES string of the molecule is C/C(=N/N=C1\NC(=O)CC(C(=O)Nc2cccc(Cl)c2)S1)c1cccs1. The van der Waals surface area contributed by atoms with Crippen molar-refractivity contribution in [2.24, 2.45) is 10.2 Å². The molecule has 1 saturated heterocycles. The van der Waals surface area contributed by atoms with Crippen LogP contribution in [0.1, 0.15) is 18.2 Å². The average molecular weight is 407 g/mol. The molecule has 1 aliphatic heterocycles. The van der Waals surface area contributed by atoms with Crippen LogP contribution in [0.2, 0.25) is 5.02 Å². The van der Waals surface area contributed by atoms with Gasteiger partial charge in [-0.25, -0.2) is 0 Å². The van der Waals surface area contributed by atoms with Gasteiger partial charge in [-0.2, -0.15) is 5.10 Å². The maximum absolute atomic E-state index is 12.5. The van der Waals surface area contributed by atoms with Gasteiger partial charge in [0, 0.05) is 17.1 Å². The molecular formula is C17H15ClN4O2S2. The molecule has 3 rings (SSSR count). The molecule has 1 unspecified atom stereocenters. The van der Waals surface area contributed by atoms with Crippen LogP contribution in [0.25, 0.3) is 0 Å². The molecule has 1 aromatic carbocycles. The Bertz CT molecular complexity index is 881. The number of carbonyl (C=O) groups excluding carboxylic acids is 2. The summed E-state index contributed by atoms with van der Waals surface area (Å²) >= 11 is 8.65. The summed E-state index contributed by atoms with van der Waals surface area (Å²) < 4.78 is 0. The average Bonchev–Trinajstić information content (AvgIpc) is 3.14. The Labute approximate surface area is 163 Å². The monoisotopic (exact) mass is 406 g/mol. The predicted molar refractivity (Wildman–Crippen MR) is 108 cm³/mol. The highest BCUT2D eigenvalue weighted by atomic mass is 35.5. The van der Waals surface area contributed by atoms with Crippen LogP contribution >= 0.6 is 34.7 Å². The van der Waals surface area contributed by atoms with Crippen molar-refractivity contribution in [2.45, 2.75) is 18.6 Å². The molecule has 1 aromatic heterocycles. The minimum atomic E-state index is -0.585. The van der Waals surface area contributed by atoms with E-state index in [1.54, 1.807) is 35.6 Å². The molecule has 0 aliphatic carbocycles. The molecule has 2 N–H and O–H groups in total. The number of thioether (sulfide) groups is 1. The molecule has 0 radical (unpaired) electrons. The molecule has 0 spiro atoms. The topological polar surface area (TPSA) is 82.9 Å². The largest absolute Gasteiger partial charge is 0.325 e. The van der Waals surface area contributed by atoms with Gasteiger partial charge in [-0.15, -0.1) is 16.4 Å². The Kier molecular flexibility index (Phi) is 6.08. The Morgan fingerprint density at radius 2 is 2.19 bits per heavy atom. The van der Waals surface area contributed by atoms with Gasteiger partial charge in [0.1, 0.15) is 5.25 Å². The number of nitrogens with zero attached hydrogens (tertiary/aromatic N) is 2. The van der Waals surface area contributed by atoms with Crippen LogP contribution in [0.5, 0.6) is 0 Å². The molecule has 0 bridgehead atoms. The zero-order valence-corrected chi connectivity index (χ0v) is 16.1. The minimum absolute atomic E-state index is 0.0731. The van der Waals surface area contributed by atoms with E-state index in [4.69, 9.17) is 11.6 Å². The molecule has 134 valence electrons. The number of hydrogen-bond acceptors (Lipinski definition) is 6. The highest BCUT2D eigenvalue weighted by Gasteiger charge is 2.30. The molecule has 9 heteroatoms. The molecule has 1 atom stereocenters. The van der Waals surface area contributed by atoms with E-state index in [1.807, 2.05) is 24.4 Å². The third kappa shape index (κ3) is 4.94. The van der Waals surface area contributed by atoms with Gasteiger partial charge in [0.05, 0.1) is 10.6 Å². The summed E-state index contributed by atoms with van der Waals surface area (Å²) in [5.74, 6) is -0.545. The van der Waals surface area contributed by atoms with Crippen molar-refractivity contribution >= 4 is 63.1 Å². The normalized spacial score (nSPS) is 19.3. The van der Waals surface area contributed by atoms with Gasteiger partial charge >= 0.3 is 0 Å². The van der Waals surface area contributed by atoms with E-state index in [0.717, 1.165) is 10.6 Å². The van der Waals surface area contributed by atoms with Crippen molar-refractivity contribution in [2.75, 3.05) is 5.32 Å². The number of hydrogen-bond donors (Lipinski definition) is 2. The van der Waals surface area contributed by atoms with Crippen molar-refractivity contribution in [1.29, 1.82) is 0 Å². The second-order valence-electron chi connectivity index (χ2n) is 5.43. The maximum atomic E-state index is 12.5. The summed E-state index contributed by atoms with van der Waals surface area (Å²) in [7, 11) is 0. The summed E-state index contributed by atoms with van der Waals surface area (Å²) in [6.07, 6.45) is 0.0731. The lowest BCUT2D eigenvalue weighted by molar-refractivity contribution is -0.123. The zero-order valence-electron chi connectivity index (χ0n) is 13.7.